The number of halogens is 1. The van der Waals surface area contributed by atoms with E-state index in [9.17, 15) is 0 Å². The molecule has 0 spiro atoms. The molecule has 0 aliphatic rings. The second kappa shape index (κ2) is 6.61. The number of fused-ring (bicyclic) bond motifs is 1. The van der Waals surface area contributed by atoms with Crippen LogP contribution in [0.4, 0.5) is 11.5 Å². The summed E-state index contributed by atoms with van der Waals surface area (Å²) in [5.41, 5.74) is 3.46. The summed E-state index contributed by atoms with van der Waals surface area (Å²) >= 11 is 6.21. The topological polar surface area (TPSA) is 51.2 Å². The lowest BCUT2D eigenvalue weighted by Crippen LogP contribution is -1.88. The number of methoxy groups -OCH3 is 1. The summed E-state index contributed by atoms with van der Waals surface area (Å²) in [6.45, 7) is 6.21. The molecule has 0 aliphatic heterocycles. The smallest absolute Gasteiger partial charge is 0.183 e. The van der Waals surface area contributed by atoms with Crippen LogP contribution < -0.4 is 4.74 Å². The summed E-state index contributed by atoms with van der Waals surface area (Å²) in [7, 11) is 1.61. The fourth-order valence-corrected chi connectivity index (χ4v) is 2.60. The second-order valence-corrected chi connectivity index (χ2v) is 6.33. The van der Waals surface area contributed by atoms with E-state index >= 15 is 0 Å². The molecule has 3 rings (SSSR count). The van der Waals surface area contributed by atoms with E-state index in [1.807, 2.05) is 29.7 Å². The van der Waals surface area contributed by atoms with E-state index in [0.29, 0.717) is 16.5 Å². The van der Waals surface area contributed by atoms with Gasteiger partial charge in [0.05, 0.1) is 17.8 Å². The molecule has 124 valence electrons. The molecule has 0 radical (unpaired) electrons. The summed E-state index contributed by atoms with van der Waals surface area (Å²) in [6, 6.07) is 9.32. The van der Waals surface area contributed by atoms with Gasteiger partial charge in [-0.05, 0) is 36.6 Å². The van der Waals surface area contributed by atoms with Gasteiger partial charge in [0, 0.05) is 12.3 Å². The van der Waals surface area contributed by atoms with Crippen LogP contribution >= 0.6 is 11.6 Å². The van der Waals surface area contributed by atoms with Gasteiger partial charge < -0.3 is 4.74 Å². The Bertz CT molecular complexity index is 915. The Morgan fingerprint density at radius 1 is 1.17 bits per heavy atom. The van der Waals surface area contributed by atoms with Crippen LogP contribution in [0.2, 0.25) is 5.02 Å². The molecule has 0 atom stereocenters. The van der Waals surface area contributed by atoms with Crippen molar-refractivity contribution in [1.29, 1.82) is 0 Å². The van der Waals surface area contributed by atoms with Crippen molar-refractivity contribution in [3.05, 3.63) is 52.8 Å². The first-order valence-corrected chi connectivity index (χ1v) is 8.11. The van der Waals surface area contributed by atoms with Gasteiger partial charge in [0.1, 0.15) is 17.1 Å². The van der Waals surface area contributed by atoms with Crippen LogP contribution in [0.25, 0.3) is 5.65 Å². The average Bonchev–Trinajstić information content (AvgIpc) is 2.92. The van der Waals surface area contributed by atoms with Gasteiger partial charge >= 0.3 is 0 Å². The SMILES string of the molecule is COc1ccc(Cl)c(N=Nc2c(C(C)C)nc3ccc(C)cn23)c1. The zero-order chi connectivity index (χ0) is 17.3. The highest BCUT2D eigenvalue weighted by Gasteiger charge is 2.15. The second-order valence-electron chi connectivity index (χ2n) is 5.93. The van der Waals surface area contributed by atoms with E-state index in [-0.39, 0.29) is 5.92 Å². The van der Waals surface area contributed by atoms with E-state index in [1.54, 1.807) is 25.3 Å². The van der Waals surface area contributed by atoms with Crippen LogP contribution in [-0.4, -0.2) is 16.5 Å². The molecule has 6 heteroatoms. The molecule has 0 fully saturated rings. The van der Waals surface area contributed by atoms with Gasteiger partial charge in [-0.2, -0.15) is 0 Å². The lowest BCUT2D eigenvalue weighted by Gasteiger charge is -2.04. The molecule has 0 amide bonds. The number of benzene rings is 1. The number of hydrogen-bond donors (Lipinski definition) is 0. The van der Waals surface area contributed by atoms with Crippen molar-refractivity contribution in [1.82, 2.24) is 9.38 Å². The van der Waals surface area contributed by atoms with Gasteiger partial charge in [0.25, 0.3) is 0 Å². The number of aromatic nitrogens is 2. The normalized spacial score (nSPS) is 11.8. The van der Waals surface area contributed by atoms with E-state index in [0.717, 1.165) is 22.7 Å². The molecule has 5 nitrogen and oxygen atoms in total. The highest BCUT2D eigenvalue weighted by molar-refractivity contribution is 6.33. The molecule has 0 N–H and O–H groups in total. The molecule has 1 aromatic carbocycles. The van der Waals surface area contributed by atoms with Gasteiger partial charge in [-0.1, -0.05) is 31.5 Å². The van der Waals surface area contributed by atoms with Crippen molar-refractivity contribution < 1.29 is 4.74 Å². The molecular weight excluding hydrogens is 324 g/mol. The highest BCUT2D eigenvalue weighted by atomic mass is 35.5. The fraction of sp³-hybridized carbons (Fsp3) is 0.278. The molecule has 2 heterocycles. The minimum absolute atomic E-state index is 0.236. The summed E-state index contributed by atoms with van der Waals surface area (Å²) < 4.78 is 7.18. The number of ether oxygens (including phenoxy) is 1. The molecular formula is C18H19ClN4O. The van der Waals surface area contributed by atoms with E-state index in [1.165, 1.54) is 0 Å². The summed E-state index contributed by atoms with van der Waals surface area (Å²) in [6.07, 6.45) is 2.01. The number of azo groups is 1. The lowest BCUT2D eigenvalue weighted by molar-refractivity contribution is 0.415. The number of pyridine rings is 1. The van der Waals surface area contributed by atoms with Gasteiger partial charge in [0.2, 0.25) is 0 Å². The Labute approximate surface area is 146 Å². The minimum Gasteiger partial charge on any atom is -0.497 e. The predicted molar refractivity (Wildman–Crippen MR) is 96.2 cm³/mol. The maximum atomic E-state index is 6.21. The Kier molecular flexibility index (Phi) is 4.53. The van der Waals surface area contributed by atoms with Gasteiger partial charge in [-0.3, -0.25) is 4.40 Å². The first-order chi connectivity index (χ1) is 11.5. The van der Waals surface area contributed by atoms with Crippen molar-refractivity contribution in [2.24, 2.45) is 10.2 Å². The molecule has 24 heavy (non-hydrogen) atoms. The van der Waals surface area contributed by atoms with Crippen LogP contribution in [0.1, 0.15) is 31.0 Å². The van der Waals surface area contributed by atoms with E-state index in [4.69, 9.17) is 16.3 Å². The summed E-state index contributed by atoms with van der Waals surface area (Å²) in [4.78, 5) is 4.67. The molecule has 0 unspecified atom stereocenters. The van der Waals surface area contributed by atoms with Crippen molar-refractivity contribution in [3.8, 4) is 5.75 Å². The minimum atomic E-state index is 0.236. The third kappa shape index (κ3) is 3.12. The van der Waals surface area contributed by atoms with Crippen molar-refractivity contribution >= 4 is 28.8 Å². The van der Waals surface area contributed by atoms with Crippen LogP contribution in [-0.2, 0) is 0 Å². The standard InChI is InChI=1S/C18H19ClN4O/c1-11(2)17-18(23-10-12(3)5-8-16(23)20-17)22-21-15-9-13(24-4)6-7-14(15)19/h5-11H,1-4H3. The highest BCUT2D eigenvalue weighted by Crippen LogP contribution is 2.33. The predicted octanol–water partition coefficient (Wildman–Crippen LogP) is 5.84. The van der Waals surface area contributed by atoms with Gasteiger partial charge in [0.15, 0.2) is 5.82 Å². The molecule has 0 aliphatic carbocycles. The van der Waals surface area contributed by atoms with Crippen molar-refractivity contribution in [2.75, 3.05) is 7.11 Å². The zero-order valence-corrected chi connectivity index (χ0v) is 14.9. The summed E-state index contributed by atoms with van der Waals surface area (Å²) in [5, 5.41) is 9.30. The van der Waals surface area contributed by atoms with Crippen molar-refractivity contribution in [3.63, 3.8) is 0 Å². The van der Waals surface area contributed by atoms with Gasteiger partial charge in [-0.15, -0.1) is 10.2 Å². The monoisotopic (exact) mass is 342 g/mol. The maximum absolute atomic E-state index is 6.21. The van der Waals surface area contributed by atoms with Crippen LogP contribution in [0, 0.1) is 6.92 Å². The fourth-order valence-electron chi connectivity index (χ4n) is 2.44. The third-order valence-corrected chi connectivity index (χ3v) is 4.04. The summed E-state index contributed by atoms with van der Waals surface area (Å²) in [5.74, 6) is 1.65. The van der Waals surface area contributed by atoms with E-state index < -0.39 is 0 Å². The van der Waals surface area contributed by atoms with Crippen LogP contribution in [0.3, 0.4) is 0 Å². The number of nitrogens with zero attached hydrogens (tertiary/aromatic N) is 4. The average molecular weight is 343 g/mol. The quantitative estimate of drug-likeness (QED) is 0.559. The Balaban J connectivity index is 2.12. The molecule has 0 saturated heterocycles. The first kappa shape index (κ1) is 16.5. The zero-order valence-electron chi connectivity index (χ0n) is 14.1. The molecule has 0 bridgehead atoms. The Morgan fingerprint density at radius 2 is 1.96 bits per heavy atom. The molecule has 3 aromatic rings. The molecule has 0 saturated carbocycles. The van der Waals surface area contributed by atoms with Gasteiger partial charge in [-0.25, -0.2) is 4.98 Å². The first-order valence-electron chi connectivity index (χ1n) is 7.73. The number of aryl methyl sites for hydroxylation is 1. The number of hydrogen-bond acceptors (Lipinski definition) is 4. The van der Waals surface area contributed by atoms with Crippen molar-refractivity contribution in [2.45, 2.75) is 26.7 Å². The maximum Gasteiger partial charge on any atom is 0.183 e. The third-order valence-electron chi connectivity index (χ3n) is 3.72. The largest absolute Gasteiger partial charge is 0.497 e. The number of rotatable bonds is 4. The molecule has 2 aromatic heterocycles. The van der Waals surface area contributed by atoms with Crippen LogP contribution in [0.5, 0.6) is 5.75 Å². The van der Waals surface area contributed by atoms with E-state index in [2.05, 4.69) is 29.1 Å². The Hall–Kier alpha value is -2.40. The number of imidazole rings is 1. The van der Waals surface area contributed by atoms with Crippen LogP contribution in [0.15, 0.2) is 46.8 Å². The Morgan fingerprint density at radius 3 is 2.67 bits per heavy atom. The lowest BCUT2D eigenvalue weighted by atomic mass is 10.1.